The molecule has 17 heteroatoms. The number of ether oxygens (including phenoxy) is 2. The summed E-state index contributed by atoms with van der Waals surface area (Å²) in [5, 5.41) is 38.5. The number of hydrogen-bond acceptors (Lipinski definition) is 10. The highest BCUT2D eigenvalue weighted by atomic mass is 35.5. The lowest BCUT2D eigenvalue weighted by Gasteiger charge is -2.27. The molecule has 1 aliphatic heterocycles. The fourth-order valence-corrected chi connectivity index (χ4v) is 4.07. The average Bonchev–Trinajstić information content (AvgIpc) is 3.38. The van der Waals surface area contributed by atoms with Crippen molar-refractivity contribution < 1.29 is 53.1 Å². The van der Waals surface area contributed by atoms with Crippen LogP contribution in [0, 0.1) is 5.82 Å². The molecule has 202 valence electrons. The van der Waals surface area contributed by atoms with Crippen LogP contribution in [0.5, 0.6) is 0 Å². The van der Waals surface area contributed by atoms with Gasteiger partial charge in [0.15, 0.2) is 23.9 Å². The maximum atomic E-state index is 15.0. The number of carbonyl (C=O) groups is 3. The number of alkyl halides is 1. The molecule has 1 saturated heterocycles. The Labute approximate surface area is 215 Å². The summed E-state index contributed by atoms with van der Waals surface area (Å²) < 4.78 is 41.2. The number of aromatic carboxylic acids is 1. The molecule has 0 spiro atoms. The van der Waals surface area contributed by atoms with Crippen molar-refractivity contribution in [3.63, 3.8) is 0 Å². The number of anilines is 1. The van der Waals surface area contributed by atoms with E-state index in [-0.39, 0.29) is 22.3 Å². The minimum atomic E-state index is -3.10. The maximum absolute atomic E-state index is 15.0. The lowest BCUT2D eigenvalue weighted by Crippen LogP contribution is -2.53. The summed E-state index contributed by atoms with van der Waals surface area (Å²) in [5.74, 6) is -6.82. The van der Waals surface area contributed by atoms with Crippen molar-refractivity contribution in [1.29, 1.82) is 0 Å². The first-order valence-corrected chi connectivity index (χ1v) is 11.0. The Hall–Kier alpha value is -3.99. The molecule has 14 nitrogen and oxygen atoms in total. The van der Waals surface area contributed by atoms with E-state index in [1.165, 1.54) is 0 Å². The number of nitrogens with zero attached hydrogens (tertiary/aromatic N) is 4. The van der Waals surface area contributed by atoms with E-state index in [0.29, 0.717) is 6.07 Å². The number of halogens is 3. The molecule has 0 radical (unpaired) electrons. The van der Waals surface area contributed by atoms with Crippen LogP contribution in [-0.2, 0) is 25.5 Å². The molecule has 3 heterocycles. The Bertz CT molecular complexity index is 1420. The van der Waals surface area contributed by atoms with E-state index in [1.807, 2.05) is 0 Å². The van der Waals surface area contributed by atoms with E-state index in [0.717, 1.165) is 23.0 Å². The summed E-state index contributed by atoms with van der Waals surface area (Å²) in [6.45, 7) is -0.948. The van der Waals surface area contributed by atoms with Crippen molar-refractivity contribution in [2.75, 3.05) is 12.3 Å². The molecule has 1 aliphatic rings. The Morgan fingerprint density at radius 2 is 1.89 bits per heavy atom. The van der Waals surface area contributed by atoms with Crippen molar-refractivity contribution in [3.8, 4) is 0 Å². The molecule has 0 amide bonds. The fourth-order valence-electron chi connectivity index (χ4n) is 3.90. The van der Waals surface area contributed by atoms with Crippen LogP contribution in [0.1, 0.15) is 22.1 Å². The molecule has 3 aromatic rings. The highest BCUT2D eigenvalue weighted by Gasteiger charge is 2.52. The Kier molecular flexibility index (Phi) is 7.16. The van der Waals surface area contributed by atoms with Gasteiger partial charge in [-0.1, -0.05) is 6.07 Å². The third-order valence-corrected chi connectivity index (χ3v) is 6.08. The minimum Gasteiger partial charge on any atom is -0.479 e. The van der Waals surface area contributed by atoms with Gasteiger partial charge in [-0.2, -0.15) is 9.97 Å². The van der Waals surface area contributed by atoms with Gasteiger partial charge < -0.3 is 35.6 Å². The van der Waals surface area contributed by atoms with Crippen molar-refractivity contribution in [2.24, 2.45) is 0 Å². The fraction of sp³-hybridized carbons (Fsp3) is 0.333. The van der Waals surface area contributed by atoms with Crippen LogP contribution in [0.4, 0.5) is 14.6 Å². The van der Waals surface area contributed by atoms with Gasteiger partial charge in [-0.15, -0.1) is 0 Å². The summed E-state index contributed by atoms with van der Waals surface area (Å²) in [6.07, 6.45) is -7.18. The average molecular weight is 558 g/mol. The topological polar surface area (TPSA) is 220 Å². The molecule has 2 aromatic heterocycles. The van der Waals surface area contributed by atoms with E-state index in [2.05, 4.69) is 15.0 Å². The summed E-state index contributed by atoms with van der Waals surface area (Å²) >= 11 is 5.80. The van der Waals surface area contributed by atoms with Crippen LogP contribution in [0.2, 0.25) is 5.28 Å². The zero-order chi connectivity index (χ0) is 27.9. The van der Waals surface area contributed by atoms with Gasteiger partial charge in [-0.3, -0.25) is 4.57 Å². The number of imidazole rings is 1. The van der Waals surface area contributed by atoms with E-state index in [9.17, 15) is 34.1 Å². The first-order chi connectivity index (χ1) is 17.9. The number of carboxylic acid groups (broad SMARTS) is 3. The van der Waals surface area contributed by atoms with Crippen LogP contribution < -0.4 is 5.73 Å². The standard InChI is InChI=1S/C21H18ClF2N5O9/c22-20-27-14(25)12-15(28-20)29(6-26-12)16-11(24)13(30)10(38-16)5-37-21(18(33)34,19(35)36)4-8-2-1-7(17(31)32)3-9(8)23/h1-3,6,10-11,13,16,30H,4-5H2,(H,31,32)(H,33,34)(H,35,36)(H2,25,27,28)/t10-,11+,13-,16-/m1/s1. The number of fused-ring (bicyclic) bond motifs is 1. The second-order valence-corrected chi connectivity index (χ2v) is 8.58. The van der Waals surface area contributed by atoms with E-state index in [4.69, 9.17) is 31.9 Å². The molecule has 1 fully saturated rings. The summed E-state index contributed by atoms with van der Waals surface area (Å²) in [4.78, 5) is 46.6. The summed E-state index contributed by atoms with van der Waals surface area (Å²) in [5.41, 5.74) is 1.72. The molecule has 4 rings (SSSR count). The molecule has 1 aromatic carbocycles. The maximum Gasteiger partial charge on any atom is 0.348 e. The molecule has 4 atom stereocenters. The molecule has 0 unspecified atom stereocenters. The second-order valence-electron chi connectivity index (χ2n) is 8.24. The number of carboxylic acids is 3. The highest BCUT2D eigenvalue weighted by Crippen LogP contribution is 2.35. The Morgan fingerprint density at radius 1 is 1.21 bits per heavy atom. The van der Waals surface area contributed by atoms with Gasteiger partial charge in [-0.25, -0.2) is 28.1 Å². The number of hydrogen-bond donors (Lipinski definition) is 5. The number of rotatable bonds is 9. The van der Waals surface area contributed by atoms with E-state index in [1.54, 1.807) is 0 Å². The normalized spacial score (nSPS) is 21.6. The van der Waals surface area contributed by atoms with Crippen molar-refractivity contribution >= 4 is 46.5 Å². The molecule has 0 bridgehead atoms. The Balaban J connectivity index is 1.58. The van der Waals surface area contributed by atoms with Crippen molar-refractivity contribution in [1.82, 2.24) is 19.5 Å². The predicted octanol–water partition coefficient (Wildman–Crippen LogP) is 0.663. The Morgan fingerprint density at radius 3 is 2.50 bits per heavy atom. The van der Waals surface area contributed by atoms with Gasteiger partial charge in [0.2, 0.25) is 5.28 Å². The van der Waals surface area contributed by atoms with Crippen LogP contribution in [0.15, 0.2) is 24.5 Å². The monoisotopic (exact) mass is 557 g/mol. The van der Waals surface area contributed by atoms with E-state index < -0.39 is 78.1 Å². The number of benzene rings is 1. The zero-order valence-corrected chi connectivity index (χ0v) is 19.6. The second kappa shape index (κ2) is 10.1. The number of aliphatic hydroxyl groups excluding tert-OH is 1. The predicted molar refractivity (Wildman–Crippen MR) is 121 cm³/mol. The van der Waals surface area contributed by atoms with Gasteiger partial charge in [0.1, 0.15) is 23.5 Å². The lowest BCUT2D eigenvalue weighted by molar-refractivity contribution is -0.190. The van der Waals surface area contributed by atoms with E-state index >= 15 is 4.39 Å². The number of aromatic nitrogens is 4. The van der Waals surface area contributed by atoms with Gasteiger partial charge in [0, 0.05) is 6.42 Å². The van der Waals surface area contributed by atoms with Gasteiger partial charge in [0.25, 0.3) is 5.60 Å². The number of nitrogen functional groups attached to an aromatic ring is 1. The number of nitrogens with two attached hydrogens (primary N) is 1. The third-order valence-electron chi connectivity index (χ3n) is 5.91. The van der Waals surface area contributed by atoms with Crippen LogP contribution in [0.3, 0.4) is 0 Å². The molecule has 38 heavy (non-hydrogen) atoms. The number of aliphatic carboxylic acids is 2. The van der Waals surface area contributed by atoms with Crippen molar-refractivity contribution in [3.05, 3.63) is 46.8 Å². The van der Waals surface area contributed by atoms with Crippen LogP contribution >= 0.6 is 11.6 Å². The minimum absolute atomic E-state index is 0.0328. The lowest BCUT2D eigenvalue weighted by atomic mass is 9.93. The van der Waals surface area contributed by atoms with Gasteiger partial charge >= 0.3 is 17.9 Å². The van der Waals surface area contributed by atoms with Gasteiger partial charge in [-0.05, 0) is 29.3 Å². The summed E-state index contributed by atoms with van der Waals surface area (Å²) in [7, 11) is 0. The third kappa shape index (κ3) is 4.69. The molecular weight excluding hydrogens is 540 g/mol. The smallest absolute Gasteiger partial charge is 0.348 e. The quantitative estimate of drug-likeness (QED) is 0.180. The molecule has 0 aliphatic carbocycles. The van der Waals surface area contributed by atoms with Crippen LogP contribution in [-0.4, -0.2) is 88.4 Å². The van der Waals surface area contributed by atoms with Gasteiger partial charge in [0.05, 0.1) is 18.5 Å². The van der Waals surface area contributed by atoms with Crippen LogP contribution in [0.25, 0.3) is 11.2 Å². The number of aliphatic hydroxyl groups is 1. The highest BCUT2D eigenvalue weighted by molar-refractivity contribution is 6.28. The molecular formula is C21H18ClF2N5O9. The summed E-state index contributed by atoms with van der Waals surface area (Å²) in [6, 6.07) is 2.45. The SMILES string of the molecule is Nc1nc(Cl)nc2c1ncn2[C@@H]1O[C@H](COC(Cc2ccc(C(=O)O)cc2F)(C(=O)O)C(=O)O)[C@@H](O)[C@@H]1F. The molecule has 6 N–H and O–H groups in total. The first kappa shape index (κ1) is 27.1. The molecule has 0 saturated carbocycles. The first-order valence-electron chi connectivity index (χ1n) is 10.6. The van der Waals surface area contributed by atoms with Crippen molar-refractivity contribution in [2.45, 2.75) is 36.6 Å². The largest absolute Gasteiger partial charge is 0.479 e. The zero-order valence-electron chi connectivity index (χ0n) is 18.9.